The quantitative estimate of drug-likeness (QED) is 0.770. The molecule has 0 amide bonds. The van der Waals surface area contributed by atoms with E-state index in [1.165, 1.54) is 11.1 Å². The summed E-state index contributed by atoms with van der Waals surface area (Å²) in [4.78, 5) is 0. The average Bonchev–Trinajstić information content (AvgIpc) is 2.90. The first-order chi connectivity index (χ1) is 9.86. The third kappa shape index (κ3) is 2.70. The van der Waals surface area contributed by atoms with E-state index in [1.54, 1.807) is 0 Å². The number of nitrogens with one attached hydrogen (secondary N) is 1. The van der Waals surface area contributed by atoms with E-state index in [9.17, 15) is 0 Å². The van der Waals surface area contributed by atoms with Crippen molar-refractivity contribution in [1.82, 2.24) is 20.3 Å². The highest BCUT2D eigenvalue weighted by molar-refractivity contribution is 5.73. The molecule has 0 spiro atoms. The molecule has 3 rings (SSSR count). The molecule has 4 heteroatoms. The van der Waals surface area contributed by atoms with Crippen LogP contribution in [0.1, 0.15) is 11.1 Å². The monoisotopic (exact) mass is 266 g/mol. The molecular formula is C16H18N4. The first-order valence-corrected chi connectivity index (χ1v) is 6.87. The number of hydrogen-bond acceptors (Lipinski definition) is 3. The van der Waals surface area contributed by atoms with Gasteiger partial charge < -0.3 is 5.32 Å². The van der Waals surface area contributed by atoms with Crippen LogP contribution in [0.5, 0.6) is 0 Å². The summed E-state index contributed by atoms with van der Waals surface area (Å²) in [6, 6.07) is 16.7. The molecule has 1 N–H and O–H groups in total. The lowest BCUT2D eigenvalue weighted by atomic mass is 10.1. The van der Waals surface area contributed by atoms with Gasteiger partial charge in [-0.05, 0) is 43.3 Å². The summed E-state index contributed by atoms with van der Waals surface area (Å²) < 4.78 is 1.94. The zero-order chi connectivity index (χ0) is 13.8. The molecule has 0 fully saturated rings. The summed E-state index contributed by atoms with van der Waals surface area (Å²) in [5, 5.41) is 11.6. The van der Waals surface area contributed by atoms with Gasteiger partial charge in [0.1, 0.15) is 5.52 Å². The summed E-state index contributed by atoms with van der Waals surface area (Å²) in [7, 11) is 1.98. The molecule has 0 atom stereocenters. The van der Waals surface area contributed by atoms with Crippen molar-refractivity contribution in [2.45, 2.75) is 13.0 Å². The fourth-order valence-corrected chi connectivity index (χ4v) is 2.29. The smallest absolute Gasteiger partial charge is 0.113 e. The van der Waals surface area contributed by atoms with Gasteiger partial charge in [-0.2, -0.15) is 0 Å². The number of hydrogen-bond donors (Lipinski definition) is 1. The maximum Gasteiger partial charge on any atom is 0.113 e. The van der Waals surface area contributed by atoms with Gasteiger partial charge in [0.05, 0.1) is 12.1 Å². The highest BCUT2D eigenvalue weighted by Crippen LogP contribution is 2.12. The Labute approximate surface area is 118 Å². The molecular weight excluding hydrogens is 248 g/mol. The Morgan fingerprint density at radius 3 is 2.55 bits per heavy atom. The molecule has 0 bridgehead atoms. The van der Waals surface area contributed by atoms with Crippen molar-refractivity contribution < 1.29 is 0 Å². The Morgan fingerprint density at radius 1 is 1.00 bits per heavy atom. The van der Waals surface area contributed by atoms with Crippen LogP contribution in [0.4, 0.5) is 0 Å². The molecule has 3 aromatic rings. The Hall–Kier alpha value is -2.20. The molecule has 0 saturated carbocycles. The maximum absolute atomic E-state index is 4.22. The van der Waals surface area contributed by atoms with Crippen LogP contribution in [0, 0.1) is 0 Å². The van der Waals surface area contributed by atoms with Crippen LogP contribution in [0.15, 0.2) is 48.5 Å². The average molecular weight is 266 g/mol. The van der Waals surface area contributed by atoms with E-state index >= 15 is 0 Å². The van der Waals surface area contributed by atoms with Gasteiger partial charge in [0.15, 0.2) is 0 Å². The maximum atomic E-state index is 4.22. The van der Waals surface area contributed by atoms with Gasteiger partial charge >= 0.3 is 0 Å². The molecule has 0 saturated heterocycles. The predicted molar refractivity (Wildman–Crippen MR) is 80.7 cm³/mol. The van der Waals surface area contributed by atoms with Gasteiger partial charge in [-0.1, -0.05) is 41.6 Å². The number of fused-ring (bicyclic) bond motifs is 1. The largest absolute Gasteiger partial charge is 0.319 e. The minimum atomic E-state index is 0.757. The van der Waals surface area contributed by atoms with Crippen molar-refractivity contribution in [1.29, 1.82) is 0 Å². The second-order valence-electron chi connectivity index (χ2n) is 4.91. The van der Waals surface area contributed by atoms with Crippen LogP contribution in [0.2, 0.25) is 0 Å². The first-order valence-electron chi connectivity index (χ1n) is 6.87. The molecule has 0 aliphatic carbocycles. The van der Waals surface area contributed by atoms with Crippen LogP contribution in [-0.2, 0) is 13.0 Å². The van der Waals surface area contributed by atoms with Crippen LogP contribution >= 0.6 is 0 Å². The Balaban J connectivity index is 1.77. The van der Waals surface area contributed by atoms with Crippen molar-refractivity contribution >= 4 is 11.0 Å². The van der Waals surface area contributed by atoms with Crippen molar-refractivity contribution in [2.24, 2.45) is 0 Å². The van der Waals surface area contributed by atoms with E-state index in [0.717, 1.165) is 30.5 Å². The number of para-hydroxylation sites is 1. The molecule has 4 nitrogen and oxygen atoms in total. The van der Waals surface area contributed by atoms with Gasteiger partial charge in [-0.15, -0.1) is 5.10 Å². The Morgan fingerprint density at radius 2 is 1.75 bits per heavy atom. The van der Waals surface area contributed by atoms with Crippen LogP contribution in [0.3, 0.4) is 0 Å². The zero-order valence-corrected chi connectivity index (χ0v) is 11.6. The van der Waals surface area contributed by atoms with E-state index in [2.05, 4.69) is 46.0 Å². The molecule has 2 aromatic carbocycles. The third-order valence-corrected chi connectivity index (χ3v) is 3.44. The number of nitrogens with zero attached hydrogens (tertiary/aromatic N) is 3. The molecule has 0 unspecified atom stereocenters. The van der Waals surface area contributed by atoms with E-state index < -0.39 is 0 Å². The molecule has 1 aromatic heterocycles. The summed E-state index contributed by atoms with van der Waals surface area (Å²) in [6.45, 7) is 1.76. The van der Waals surface area contributed by atoms with E-state index in [4.69, 9.17) is 0 Å². The van der Waals surface area contributed by atoms with Crippen molar-refractivity contribution in [2.75, 3.05) is 13.6 Å². The topological polar surface area (TPSA) is 42.7 Å². The first kappa shape index (κ1) is 12.8. The molecule has 102 valence electrons. The van der Waals surface area contributed by atoms with Crippen LogP contribution in [-0.4, -0.2) is 28.6 Å². The van der Waals surface area contributed by atoms with E-state index in [1.807, 2.05) is 29.9 Å². The summed E-state index contributed by atoms with van der Waals surface area (Å²) in [5.41, 5.74) is 4.62. The van der Waals surface area contributed by atoms with Gasteiger partial charge in [0, 0.05) is 0 Å². The van der Waals surface area contributed by atoms with Crippen molar-refractivity contribution in [3.8, 4) is 0 Å². The fourth-order valence-electron chi connectivity index (χ4n) is 2.29. The van der Waals surface area contributed by atoms with Crippen LogP contribution < -0.4 is 5.32 Å². The zero-order valence-electron chi connectivity index (χ0n) is 11.6. The fraction of sp³-hybridized carbons (Fsp3) is 0.250. The van der Waals surface area contributed by atoms with Crippen molar-refractivity contribution in [3.63, 3.8) is 0 Å². The lowest BCUT2D eigenvalue weighted by Crippen LogP contribution is -2.10. The highest BCUT2D eigenvalue weighted by Gasteiger charge is 2.04. The number of rotatable bonds is 5. The summed E-state index contributed by atoms with van der Waals surface area (Å²) in [6.07, 6.45) is 1.06. The van der Waals surface area contributed by atoms with Gasteiger partial charge in [0.25, 0.3) is 0 Å². The number of benzene rings is 2. The molecule has 0 radical (unpaired) electrons. The predicted octanol–water partition coefficient (Wildman–Crippen LogP) is 2.24. The molecule has 1 heterocycles. The minimum absolute atomic E-state index is 0.757. The normalized spacial score (nSPS) is 11.1. The van der Waals surface area contributed by atoms with Gasteiger partial charge in [-0.3, -0.25) is 0 Å². The standard InChI is InChI=1S/C16H18N4/c1-17-11-10-13-6-8-14(9-7-13)12-20-16-5-3-2-4-15(16)18-19-20/h2-9,17H,10-12H2,1H3. The highest BCUT2D eigenvalue weighted by atomic mass is 15.4. The van der Waals surface area contributed by atoms with Crippen LogP contribution in [0.25, 0.3) is 11.0 Å². The molecule has 20 heavy (non-hydrogen) atoms. The van der Waals surface area contributed by atoms with E-state index in [0.29, 0.717) is 0 Å². The van der Waals surface area contributed by atoms with Gasteiger partial charge in [0.2, 0.25) is 0 Å². The molecule has 0 aliphatic rings. The lowest BCUT2D eigenvalue weighted by Gasteiger charge is -2.05. The minimum Gasteiger partial charge on any atom is -0.319 e. The lowest BCUT2D eigenvalue weighted by molar-refractivity contribution is 0.669. The van der Waals surface area contributed by atoms with Gasteiger partial charge in [-0.25, -0.2) is 4.68 Å². The summed E-state index contributed by atoms with van der Waals surface area (Å²) in [5.74, 6) is 0. The Kier molecular flexibility index (Phi) is 3.74. The SMILES string of the molecule is CNCCc1ccc(Cn2nnc3ccccc32)cc1. The second kappa shape index (κ2) is 5.84. The van der Waals surface area contributed by atoms with E-state index in [-0.39, 0.29) is 0 Å². The number of likely N-dealkylation sites (N-methyl/N-ethyl adjacent to an activating group) is 1. The second-order valence-corrected chi connectivity index (χ2v) is 4.91. The van der Waals surface area contributed by atoms with Crippen molar-refractivity contribution in [3.05, 3.63) is 59.7 Å². The Bertz CT molecular complexity index is 685. The molecule has 0 aliphatic heterocycles. The third-order valence-electron chi connectivity index (χ3n) is 3.44. The summed E-state index contributed by atoms with van der Waals surface area (Å²) >= 11 is 0. The number of aromatic nitrogens is 3.